The molecule has 0 atom stereocenters. The fraction of sp³-hybridized carbons (Fsp3) is 0.0909. The van der Waals surface area contributed by atoms with Gasteiger partial charge in [0.2, 0.25) is 0 Å². The maximum Gasteiger partial charge on any atom is 0.200 e. The van der Waals surface area contributed by atoms with Gasteiger partial charge in [-0.25, -0.2) is 0 Å². The van der Waals surface area contributed by atoms with Gasteiger partial charge in [0.15, 0.2) is 8.38 Å². The average Bonchev–Trinajstić information content (AvgIpc) is 2.18. The smallest absolute Gasteiger partial charge is 0.200 e. The summed E-state index contributed by atoms with van der Waals surface area (Å²) in [5.74, 6) is 0. The molecule has 14 heavy (non-hydrogen) atoms. The van der Waals surface area contributed by atoms with Crippen molar-refractivity contribution in [2.45, 2.75) is 6.92 Å². The van der Waals surface area contributed by atoms with E-state index < -0.39 is 8.38 Å². The summed E-state index contributed by atoms with van der Waals surface area (Å²) in [6, 6.07) is 11.5. The van der Waals surface area contributed by atoms with Crippen LogP contribution in [-0.4, -0.2) is 9.79 Å². The molecule has 0 heterocycles. The lowest BCUT2D eigenvalue weighted by Gasteiger charge is -2.08. The third-order valence-corrected chi connectivity index (χ3v) is 3.16. The van der Waals surface area contributed by atoms with Gasteiger partial charge in [-0.2, -0.15) is 0 Å². The summed E-state index contributed by atoms with van der Waals surface area (Å²) in [5.41, 5.74) is 1.15. The van der Waals surface area contributed by atoms with E-state index in [1.807, 2.05) is 37.3 Å². The van der Waals surface area contributed by atoms with Crippen LogP contribution in [0.3, 0.4) is 0 Å². The molecule has 0 spiro atoms. The van der Waals surface area contributed by atoms with Crippen molar-refractivity contribution in [3.63, 3.8) is 0 Å². The lowest BCUT2D eigenvalue weighted by molar-refractivity contribution is 0.497. The number of hydrogen-bond acceptors (Lipinski definition) is 2. The molecule has 0 aliphatic heterocycles. The van der Waals surface area contributed by atoms with Crippen molar-refractivity contribution in [1.82, 2.24) is 0 Å². The van der Waals surface area contributed by atoms with Crippen LogP contribution in [-0.2, 0) is 0 Å². The maximum absolute atomic E-state index is 9.23. The Morgan fingerprint density at radius 3 is 2.21 bits per heavy atom. The van der Waals surface area contributed by atoms with E-state index in [9.17, 15) is 9.79 Å². The van der Waals surface area contributed by atoms with E-state index in [4.69, 9.17) is 0 Å². The molecule has 0 saturated heterocycles. The Bertz CT molecular complexity index is 466. The second-order valence-corrected chi connectivity index (χ2v) is 4.30. The van der Waals surface area contributed by atoms with Crippen LogP contribution in [0, 0.1) is 6.92 Å². The van der Waals surface area contributed by atoms with E-state index in [0.717, 1.165) is 16.3 Å². The molecule has 2 aromatic carbocycles. The highest BCUT2D eigenvalue weighted by Gasteiger charge is 2.09. The van der Waals surface area contributed by atoms with Gasteiger partial charge in [0, 0.05) is 5.30 Å². The zero-order valence-electron chi connectivity index (χ0n) is 7.81. The van der Waals surface area contributed by atoms with Crippen molar-refractivity contribution in [2.24, 2.45) is 0 Å². The van der Waals surface area contributed by atoms with Gasteiger partial charge in [-0.3, -0.25) is 0 Å². The third-order valence-electron chi connectivity index (χ3n) is 2.33. The third kappa shape index (κ3) is 1.53. The first kappa shape index (κ1) is 9.60. The first-order chi connectivity index (χ1) is 6.70. The van der Waals surface area contributed by atoms with Crippen LogP contribution in [0.4, 0.5) is 0 Å². The minimum Gasteiger partial charge on any atom is -0.347 e. The van der Waals surface area contributed by atoms with Crippen molar-refractivity contribution in [1.29, 1.82) is 0 Å². The molecule has 0 bridgehead atoms. The zero-order valence-corrected chi connectivity index (χ0v) is 8.70. The van der Waals surface area contributed by atoms with Gasteiger partial charge < -0.3 is 9.79 Å². The zero-order chi connectivity index (χ0) is 10.1. The van der Waals surface area contributed by atoms with Crippen LogP contribution in [0.5, 0.6) is 0 Å². The fourth-order valence-corrected chi connectivity index (χ4v) is 2.23. The monoisotopic (exact) mass is 206 g/mol. The minimum atomic E-state index is -2.01. The van der Waals surface area contributed by atoms with E-state index in [0.29, 0.717) is 5.30 Å². The lowest BCUT2D eigenvalue weighted by atomic mass is 10.1. The lowest BCUT2D eigenvalue weighted by Crippen LogP contribution is -2.02. The van der Waals surface area contributed by atoms with Gasteiger partial charge >= 0.3 is 0 Å². The first-order valence-electron chi connectivity index (χ1n) is 4.36. The molecule has 0 aliphatic rings. The van der Waals surface area contributed by atoms with Crippen molar-refractivity contribution in [2.75, 3.05) is 0 Å². The summed E-state index contributed by atoms with van der Waals surface area (Å²) in [4.78, 5) is 18.5. The van der Waals surface area contributed by atoms with Gasteiger partial charge in [-0.15, -0.1) is 0 Å². The van der Waals surface area contributed by atoms with E-state index in [1.54, 1.807) is 6.07 Å². The van der Waals surface area contributed by atoms with Crippen molar-refractivity contribution in [3.05, 3.63) is 42.0 Å². The van der Waals surface area contributed by atoms with Crippen molar-refractivity contribution < 1.29 is 9.79 Å². The second-order valence-electron chi connectivity index (χ2n) is 3.24. The number of hydrogen-bond donors (Lipinski definition) is 2. The Balaban J connectivity index is 2.82. The molecule has 2 N–H and O–H groups in total. The first-order valence-corrected chi connectivity index (χ1v) is 5.61. The summed E-state index contributed by atoms with van der Waals surface area (Å²) >= 11 is 0. The van der Waals surface area contributed by atoms with Crippen LogP contribution in [0.1, 0.15) is 5.56 Å². The largest absolute Gasteiger partial charge is 0.347 e. The number of rotatable bonds is 1. The summed E-state index contributed by atoms with van der Waals surface area (Å²) in [6.07, 6.45) is 0. The number of aryl methyl sites for hydroxylation is 1. The van der Waals surface area contributed by atoms with Crippen molar-refractivity contribution >= 4 is 24.5 Å². The van der Waals surface area contributed by atoms with E-state index in [-0.39, 0.29) is 0 Å². The standard InChI is InChI=1S/C11H11O2P/c1-8-6-7-11(14(12)13)10-5-3-2-4-9(8)10/h2-7,12-13H,1H3. The molecule has 0 amide bonds. The highest BCUT2D eigenvalue weighted by atomic mass is 31.2. The van der Waals surface area contributed by atoms with Gasteiger partial charge in [0.05, 0.1) is 0 Å². The molecule has 3 heteroatoms. The molecule has 0 saturated carbocycles. The molecule has 0 aliphatic carbocycles. The molecule has 0 unspecified atom stereocenters. The quantitative estimate of drug-likeness (QED) is 0.701. The normalized spacial score (nSPS) is 11.1. The summed E-state index contributed by atoms with van der Waals surface area (Å²) < 4.78 is 0. The average molecular weight is 206 g/mol. The highest BCUT2D eigenvalue weighted by molar-refractivity contribution is 7.54. The predicted octanol–water partition coefficient (Wildman–Crippen LogP) is 2.07. The fourth-order valence-electron chi connectivity index (χ4n) is 1.61. The molecule has 0 radical (unpaired) electrons. The van der Waals surface area contributed by atoms with Gasteiger partial charge in [0.1, 0.15) is 0 Å². The Kier molecular flexibility index (Phi) is 2.51. The number of fused-ring (bicyclic) bond motifs is 1. The van der Waals surface area contributed by atoms with E-state index in [1.165, 1.54) is 0 Å². The van der Waals surface area contributed by atoms with Gasteiger partial charge in [-0.05, 0) is 29.3 Å². The molecular weight excluding hydrogens is 195 g/mol. The van der Waals surface area contributed by atoms with Crippen LogP contribution in [0.2, 0.25) is 0 Å². The molecule has 2 rings (SSSR count). The Morgan fingerprint density at radius 2 is 1.57 bits per heavy atom. The second kappa shape index (κ2) is 3.66. The van der Waals surface area contributed by atoms with E-state index in [2.05, 4.69) is 0 Å². The molecule has 72 valence electrons. The summed E-state index contributed by atoms with van der Waals surface area (Å²) in [6.45, 7) is 2.02. The topological polar surface area (TPSA) is 40.5 Å². The van der Waals surface area contributed by atoms with Gasteiger partial charge in [0.25, 0.3) is 0 Å². The number of benzene rings is 2. The summed E-state index contributed by atoms with van der Waals surface area (Å²) in [5, 5.41) is 2.64. The van der Waals surface area contributed by atoms with Gasteiger partial charge in [-0.1, -0.05) is 30.3 Å². The Hall–Kier alpha value is -0.950. The van der Waals surface area contributed by atoms with Crippen LogP contribution in [0.25, 0.3) is 10.8 Å². The van der Waals surface area contributed by atoms with Crippen molar-refractivity contribution in [3.8, 4) is 0 Å². The molecule has 0 fully saturated rings. The molecule has 2 aromatic rings. The highest BCUT2D eigenvalue weighted by Crippen LogP contribution is 2.28. The Labute approximate surface area is 83.7 Å². The van der Waals surface area contributed by atoms with Crippen LogP contribution < -0.4 is 5.30 Å². The van der Waals surface area contributed by atoms with Crippen LogP contribution in [0.15, 0.2) is 36.4 Å². The maximum atomic E-state index is 9.23. The minimum absolute atomic E-state index is 0.626. The van der Waals surface area contributed by atoms with E-state index >= 15 is 0 Å². The molecular formula is C11H11O2P. The van der Waals surface area contributed by atoms with Crippen LogP contribution >= 0.6 is 8.38 Å². The Morgan fingerprint density at radius 1 is 0.929 bits per heavy atom. The molecule has 2 nitrogen and oxygen atoms in total. The predicted molar refractivity (Wildman–Crippen MR) is 59.7 cm³/mol. The SMILES string of the molecule is Cc1ccc(P(O)O)c2ccccc12. The summed E-state index contributed by atoms with van der Waals surface area (Å²) in [7, 11) is -2.01. The molecule has 0 aromatic heterocycles.